The van der Waals surface area contributed by atoms with Gasteiger partial charge in [-0.1, -0.05) is 19.9 Å². The number of hydrogen-bond acceptors (Lipinski definition) is 11. The monoisotopic (exact) mass is 594 g/mol. The van der Waals surface area contributed by atoms with Crippen LogP contribution in [0.1, 0.15) is 58.2 Å². The molecule has 0 radical (unpaired) electrons. The van der Waals surface area contributed by atoms with Crippen LogP contribution in [0.25, 0.3) is 5.57 Å². The van der Waals surface area contributed by atoms with Gasteiger partial charge in [-0.2, -0.15) is 0 Å². The molecule has 0 aliphatic carbocycles. The minimum atomic E-state index is -1.05. The third-order valence-corrected chi connectivity index (χ3v) is 8.10. The molecule has 0 spiro atoms. The lowest BCUT2D eigenvalue weighted by Gasteiger charge is -2.49. The Bertz CT molecular complexity index is 1230. The number of nitrogens with two attached hydrogens (primary N) is 1. The summed E-state index contributed by atoms with van der Waals surface area (Å²) in [6.45, 7) is 7.89. The first-order chi connectivity index (χ1) is 18.9. The second-order valence-corrected chi connectivity index (χ2v) is 12.1. The zero-order valence-corrected chi connectivity index (χ0v) is 24.7. The SMILES string of the molecule is CC/C=C(\C(=O)NC1C(=O)N2C(C(=O)OCOC(=O)C(C)(C)C)=C(COC(N)=O)CSC12)c1csc(CCC)n1. The van der Waals surface area contributed by atoms with Gasteiger partial charge in [0.25, 0.3) is 11.8 Å². The Kier molecular flexibility index (Phi) is 10.4. The molecule has 3 heterocycles. The highest BCUT2D eigenvalue weighted by Gasteiger charge is 2.54. The van der Waals surface area contributed by atoms with Gasteiger partial charge >= 0.3 is 18.0 Å². The van der Waals surface area contributed by atoms with E-state index in [9.17, 15) is 24.0 Å². The third-order valence-electron chi connectivity index (χ3n) is 5.85. The van der Waals surface area contributed by atoms with Gasteiger partial charge < -0.3 is 25.3 Å². The lowest BCUT2D eigenvalue weighted by Crippen LogP contribution is -2.70. The summed E-state index contributed by atoms with van der Waals surface area (Å²) in [4.78, 5) is 68.5. The molecule has 0 saturated carbocycles. The molecule has 0 aromatic carbocycles. The van der Waals surface area contributed by atoms with E-state index < -0.39 is 53.5 Å². The molecule has 3 amide bonds. The number of carbonyl (C=O) groups excluding carboxylic acids is 5. The van der Waals surface area contributed by atoms with E-state index in [1.165, 1.54) is 28.0 Å². The normalized spacial score (nSPS) is 19.0. The molecular weight excluding hydrogens is 560 g/mol. The molecule has 2 aliphatic rings. The molecule has 14 heteroatoms. The van der Waals surface area contributed by atoms with Crippen molar-refractivity contribution in [1.29, 1.82) is 0 Å². The van der Waals surface area contributed by atoms with Crippen LogP contribution in [0.3, 0.4) is 0 Å². The number of aromatic nitrogens is 1. The maximum Gasteiger partial charge on any atom is 0.404 e. The van der Waals surface area contributed by atoms with Crippen LogP contribution >= 0.6 is 23.1 Å². The standard InChI is InChI=1S/C26H34N4O8S2/c1-6-8-15(16-12-39-17(28-16)9-7-2)20(31)29-18-21(32)30-19(14(10-36-25(27)35)11-40-22(18)30)23(33)37-13-38-24(34)26(3,4)5/h8,12,18,22H,6-7,9-11,13H2,1-5H3,(H2,27,35)(H,29,31)/b15-8-. The number of primary amides is 1. The van der Waals surface area contributed by atoms with Gasteiger partial charge in [0.15, 0.2) is 0 Å². The number of carbonyl (C=O) groups is 5. The molecule has 1 fully saturated rings. The second-order valence-electron chi connectivity index (χ2n) is 10.1. The van der Waals surface area contributed by atoms with E-state index in [1.54, 1.807) is 26.8 Å². The lowest BCUT2D eigenvalue weighted by molar-refractivity contribution is -0.173. The van der Waals surface area contributed by atoms with Gasteiger partial charge in [0.1, 0.15) is 23.7 Å². The number of fused-ring (bicyclic) bond motifs is 1. The average Bonchev–Trinajstić information content (AvgIpc) is 3.35. The van der Waals surface area contributed by atoms with Crippen molar-refractivity contribution in [2.45, 2.75) is 65.3 Å². The smallest absolute Gasteiger partial charge is 0.404 e. The van der Waals surface area contributed by atoms with Gasteiger partial charge in [0.05, 0.1) is 21.7 Å². The van der Waals surface area contributed by atoms with E-state index >= 15 is 0 Å². The summed E-state index contributed by atoms with van der Waals surface area (Å²) in [5, 5.41) is 4.92. The highest BCUT2D eigenvalue weighted by Crippen LogP contribution is 2.41. The Morgan fingerprint density at radius 1 is 1.20 bits per heavy atom. The summed E-state index contributed by atoms with van der Waals surface area (Å²) >= 11 is 2.76. The van der Waals surface area contributed by atoms with Crippen molar-refractivity contribution in [3.63, 3.8) is 0 Å². The van der Waals surface area contributed by atoms with Crippen LogP contribution in [0.5, 0.6) is 0 Å². The van der Waals surface area contributed by atoms with Gasteiger partial charge in [0.2, 0.25) is 6.79 Å². The molecule has 1 aromatic heterocycles. The Balaban J connectivity index is 1.76. The minimum Gasteiger partial charge on any atom is -0.445 e. The first-order valence-electron chi connectivity index (χ1n) is 12.8. The Hall–Kier alpha value is -3.39. The predicted octanol–water partition coefficient (Wildman–Crippen LogP) is 2.73. The number of allylic oxidation sites excluding steroid dienone is 1. The molecule has 1 saturated heterocycles. The first-order valence-corrected chi connectivity index (χ1v) is 14.7. The highest BCUT2D eigenvalue weighted by molar-refractivity contribution is 8.00. The number of ether oxygens (including phenoxy) is 3. The van der Waals surface area contributed by atoms with Crippen LogP contribution in [-0.4, -0.2) is 70.3 Å². The lowest BCUT2D eigenvalue weighted by atomic mass is 9.98. The van der Waals surface area contributed by atoms with Gasteiger partial charge in [-0.05, 0) is 40.0 Å². The molecule has 3 N–H and O–H groups in total. The first kappa shape index (κ1) is 31.1. The van der Waals surface area contributed by atoms with Crippen molar-refractivity contribution in [3.05, 3.63) is 33.4 Å². The molecular formula is C26H34N4O8S2. The third kappa shape index (κ3) is 7.22. The van der Waals surface area contributed by atoms with Gasteiger partial charge in [-0.25, -0.2) is 14.6 Å². The van der Waals surface area contributed by atoms with Crippen LogP contribution in [0, 0.1) is 5.41 Å². The van der Waals surface area contributed by atoms with Crippen molar-refractivity contribution in [2.75, 3.05) is 19.2 Å². The summed E-state index contributed by atoms with van der Waals surface area (Å²) in [6, 6.07) is -0.911. The number of nitrogens with zero attached hydrogens (tertiary/aromatic N) is 2. The number of rotatable bonds is 11. The maximum absolute atomic E-state index is 13.3. The number of thioether (sulfide) groups is 1. The maximum atomic E-state index is 13.3. The van der Waals surface area contributed by atoms with Crippen molar-refractivity contribution in [2.24, 2.45) is 11.1 Å². The number of aryl methyl sites for hydroxylation is 1. The molecule has 40 heavy (non-hydrogen) atoms. The van der Waals surface area contributed by atoms with E-state index in [0.717, 1.165) is 17.8 Å². The number of esters is 2. The van der Waals surface area contributed by atoms with Gasteiger partial charge in [-0.3, -0.25) is 19.3 Å². The van der Waals surface area contributed by atoms with E-state index in [2.05, 4.69) is 17.2 Å². The van der Waals surface area contributed by atoms with Crippen molar-refractivity contribution in [3.8, 4) is 0 Å². The van der Waals surface area contributed by atoms with Crippen LogP contribution in [0.15, 0.2) is 22.7 Å². The van der Waals surface area contributed by atoms with E-state index in [4.69, 9.17) is 19.9 Å². The minimum absolute atomic E-state index is 0.139. The number of hydrogen-bond donors (Lipinski definition) is 2. The predicted molar refractivity (Wildman–Crippen MR) is 148 cm³/mol. The molecule has 0 bridgehead atoms. The zero-order chi connectivity index (χ0) is 29.6. The van der Waals surface area contributed by atoms with Crippen molar-refractivity contribution >= 4 is 58.5 Å². The van der Waals surface area contributed by atoms with Crippen molar-refractivity contribution in [1.82, 2.24) is 15.2 Å². The quantitative estimate of drug-likeness (QED) is 0.168. The summed E-state index contributed by atoms with van der Waals surface area (Å²) < 4.78 is 15.0. The summed E-state index contributed by atoms with van der Waals surface area (Å²) in [5.74, 6) is -2.31. The van der Waals surface area contributed by atoms with Crippen LogP contribution < -0.4 is 11.1 Å². The molecule has 2 unspecified atom stereocenters. The van der Waals surface area contributed by atoms with E-state index in [-0.39, 0.29) is 18.1 Å². The average molecular weight is 595 g/mol. The highest BCUT2D eigenvalue weighted by atomic mass is 32.2. The number of β-lactam (4-membered cyclic amide) rings is 1. The number of thiazole rings is 1. The Labute approximate surface area is 240 Å². The van der Waals surface area contributed by atoms with Crippen LogP contribution in [0.2, 0.25) is 0 Å². The number of nitrogens with one attached hydrogen (secondary N) is 1. The summed E-state index contributed by atoms with van der Waals surface area (Å²) in [6.07, 6.45) is 3.04. The molecule has 12 nitrogen and oxygen atoms in total. The largest absolute Gasteiger partial charge is 0.445 e. The zero-order valence-electron chi connectivity index (χ0n) is 23.1. The summed E-state index contributed by atoms with van der Waals surface area (Å²) in [5.41, 5.74) is 5.35. The number of amides is 3. The fraction of sp³-hybridized carbons (Fsp3) is 0.538. The van der Waals surface area contributed by atoms with E-state index in [1.807, 2.05) is 12.3 Å². The fourth-order valence-electron chi connectivity index (χ4n) is 3.86. The fourth-order valence-corrected chi connectivity index (χ4v) is 6.09. The molecule has 3 rings (SSSR count). The molecule has 218 valence electrons. The topological polar surface area (TPSA) is 167 Å². The molecule has 1 aromatic rings. The van der Waals surface area contributed by atoms with Crippen molar-refractivity contribution < 1.29 is 38.2 Å². The van der Waals surface area contributed by atoms with E-state index in [0.29, 0.717) is 23.3 Å². The molecule has 2 aliphatic heterocycles. The van der Waals surface area contributed by atoms with Gasteiger partial charge in [0, 0.05) is 16.7 Å². The Morgan fingerprint density at radius 3 is 2.55 bits per heavy atom. The second kappa shape index (κ2) is 13.3. The Morgan fingerprint density at radius 2 is 1.93 bits per heavy atom. The van der Waals surface area contributed by atoms with Crippen LogP contribution in [0.4, 0.5) is 4.79 Å². The molecule has 2 atom stereocenters. The van der Waals surface area contributed by atoms with Crippen LogP contribution in [-0.2, 0) is 39.8 Å². The van der Waals surface area contributed by atoms with Gasteiger partial charge in [-0.15, -0.1) is 23.1 Å². The summed E-state index contributed by atoms with van der Waals surface area (Å²) in [7, 11) is 0.